The van der Waals surface area contributed by atoms with Gasteiger partial charge < -0.3 is 14.7 Å². The summed E-state index contributed by atoms with van der Waals surface area (Å²) >= 11 is 0. The number of rotatable bonds is 2. The van der Waals surface area contributed by atoms with Crippen molar-refractivity contribution >= 4 is 6.09 Å². The second kappa shape index (κ2) is 4.62. The Labute approximate surface area is 96.6 Å². The average Bonchev–Trinajstić information content (AvgIpc) is 2.78. The Kier molecular flexibility index (Phi) is 3.38. The van der Waals surface area contributed by atoms with Crippen LogP contribution in [0.15, 0.2) is 0 Å². The molecule has 4 nitrogen and oxygen atoms in total. The summed E-state index contributed by atoms with van der Waals surface area (Å²) in [6.07, 6.45) is 1.51. The van der Waals surface area contributed by atoms with Gasteiger partial charge in [0.1, 0.15) is 0 Å². The molecule has 3 unspecified atom stereocenters. The van der Waals surface area contributed by atoms with Crippen molar-refractivity contribution in [1.82, 2.24) is 4.90 Å². The van der Waals surface area contributed by atoms with E-state index in [0.29, 0.717) is 25.0 Å². The fourth-order valence-corrected chi connectivity index (χ4v) is 2.71. The Morgan fingerprint density at radius 2 is 2.19 bits per heavy atom. The lowest BCUT2D eigenvalue weighted by molar-refractivity contribution is 0.0891. The summed E-state index contributed by atoms with van der Waals surface area (Å²) in [5.74, 6) is 1.14. The third-order valence-electron chi connectivity index (χ3n) is 3.62. The van der Waals surface area contributed by atoms with Crippen molar-refractivity contribution in [2.24, 2.45) is 17.8 Å². The van der Waals surface area contributed by atoms with E-state index in [9.17, 15) is 9.90 Å². The number of fused-ring (bicyclic) bond motifs is 1. The van der Waals surface area contributed by atoms with Gasteiger partial charge in [0.05, 0.1) is 12.7 Å². The van der Waals surface area contributed by atoms with Crippen molar-refractivity contribution in [2.45, 2.75) is 32.8 Å². The third kappa shape index (κ3) is 2.32. The predicted octanol–water partition coefficient (Wildman–Crippen LogP) is 1.48. The van der Waals surface area contributed by atoms with Gasteiger partial charge in [-0.05, 0) is 24.7 Å². The van der Waals surface area contributed by atoms with Gasteiger partial charge in [0.2, 0.25) is 0 Å². The fourth-order valence-electron chi connectivity index (χ4n) is 2.71. The van der Waals surface area contributed by atoms with E-state index in [2.05, 4.69) is 0 Å². The number of likely N-dealkylation sites (tertiary alicyclic amines) is 1. The Morgan fingerprint density at radius 3 is 2.81 bits per heavy atom. The molecule has 2 rings (SSSR count). The minimum Gasteiger partial charge on any atom is -0.449 e. The van der Waals surface area contributed by atoms with E-state index >= 15 is 0 Å². The maximum absolute atomic E-state index is 11.7. The van der Waals surface area contributed by atoms with Gasteiger partial charge in [-0.1, -0.05) is 13.8 Å². The van der Waals surface area contributed by atoms with Gasteiger partial charge in [0, 0.05) is 19.0 Å². The highest BCUT2D eigenvalue weighted by molar-refractivity contribution is 5.68. The molecule has 2 fully saturated rings. The van der Waals surface area contributed by atoms with Crippen LogP contribution >= 0.6 is 0 Å². The number of ether oxygens (including phenoxy) is 1. The largest absolute Gasteiger partial charge is 0.449 e. The van der Waals surface area contributed by atoms with E-state index in [1.807, 2.05) is 13.8 Å². The molecule has 0 aromatic heterocycles. The van der Waals surface area contributed by atoms with E-state index in [0.717, 1.165) is 19.4 Å². The van der Waals surface area contributed by atoms with Crippen LogP contribution in [0.2, 0.25) is 0 Å². The Morgan fingerprint density at radius 1 is 1.44 bits per heavy atom. The number of aliphatic hydroxyl groups is 1. The standard InChI is InChI=1S/C12H21NO3/c1-8(2)7-16-12(15)13-5-9-3-4-11(14)10(9)6-13/h8-11,14H,3-7H2,1-2H3. The van der Waals surface area contributed by atoms with Crippen LogP contribution in [0, 0.1) is 17.8 Å². The number of hydrogen-bond donors (Lipinski definition) is 1. The van der Waals surface area contributed by atoms with E-state index < -0.39 is 0 Å². The van der Waals surface area contributed by atoms with Gasteiger partial charge in [0.15, 0.2) is 0 Å². The monoisotopic (exact) mass is 227 g/mol. The second-order valence-corrected chi connectivity index (χ2v) is 5.44. The highest BCUT2D eigenvalue weighted by atomic mass is 16.6. The molecule has 0 aromatic carbocycles. The van der Waals surface area contributed by atoms with Crippen molar-refractivity contribution in [3.05, 3.63) is 0 Å². The Balaban J connectivity index is 1.82. The first-order valence-electron chi connectivity index (χ1n) is 6.17. The molecule has 0 spiro atoms. The summed E-state index contributed by atoms with van der Waals surface area (Å²) in [6.45, 7) is 5.96. The van der Waals surface area contributed by atoms with Gasteiger partial charge in [-0.2, -0.15) is 0 Å². The molecular formula is C12H21NO3. The Hall–Kier alpha value is -0.770. The minimum atomic E-state index is -0.215. The quantitative estimate of drug-likeness (QED) is 0.777. The highest BCUT2D eigenvalue weighted by Crippen LogP contribution is 2.38. The minimum absolute atomic E-state index is 0.213. The molecule has 1 heterocycles. The van der Waals surface area contributed by atoms with Gasteiger partial charge in [-0.3, -0.25) is 0 Å². The number of aliphatic hydroxyl groups excluding tert-OH is 1. The Bertz CT molecular complexity index is 267. The SMILES string of the molecule is CC(C)COC(=O)N1CC2CCC(O)C2C1. The summed E-state index contributed by atoms with van der Waals surface area (Å²) in [4.78, 5) is 13.5. The maximum Gasteiger partial charge on any atom is 0.409 e. The van der Waals surface area contributed by atoms with Gasteiger partial charge in [0.25, 0.3) is 0 Å². The van der Waals surface area contributed by atoms with Crippen molar-refractivity contribution in [3.63, 3.8) is 0 Å². The first kappa shape index (κ1) is 11.7. The lowest BCUT2D eigenvalue weighted by Crippen LogP contribution is -2.32. The summed E-state index contributed by atoms with van der Waals surface area (Å²) in [7, 11) is 0. The average molecular weight is 227 g/mol. The number of amides is 1. The van der Waals surface area contributed by atoms with Crippen LogP contribution in [0.3, 0.4) is 0 Å². The molecule has 4 heteroatoms. The van der Waals surface area contributed by atoms with E-state index in [-0.39, 0.29) is 18.1 Å². The molecule has 1 saturated carbocycles. The lowest BCUT2D eigenvalue weighted by atomic mass is 10.00. The molecular weight excluding hydrogens is 206 g/mol. The zero-order valence-corrected chi connectivity index (χ0v) is 10.1. The third-order valence-corrected chi connectivity index (χ3v) is 3.62. The van der Waals surface area contributed by atoms with Crippen molar-refractivity contribution in [3.8, 4) is 0 Å². The molecule has 3 atom stereocenters. The molecule has 1 N–H and O–H groups in total. The molecule has 92 valence electrons. The van der Waals surface area contributed by atoms with Crippen LogP contribution < -0.4 is 0 Å². The summed E-state index contributed by atoms with van der Waals surface area (Å²) in [6, 6.07) is 0. The number of nitrogens with zero attached hydrogens (tertiary/aromatic N) is 1. The molecule has 2 aliphatic rings. The molecule has 1 aliphatic heterocycles. The van der Waals surface area contributed by atoms with Crippen LogP contribution in [0.25, 0.3) is 0 Å². The van der Waals surface area contributed by atoms with Crippen LogP contribution in [0.1, 0.15) is 26.7 Å². The zero-order valence-electron chi connectivity index (χ0n) is 10.1. The molecule has 0 bridgehead atoms. The van der Waals surface area contributed by atoms with Gasteiger partial charge in [-0.15, -0.1) is 0 Å². The second-order valence-electron chi connectivity index (χ2n) is 5.44. The van der Waals surface area contributed by atoms with Crippen LogP contribution in [-0.2, 0) is 4.74 Å². The van der Waals surface area contributed by atoms with Crippen molar-refractivity contribution < 1.29 is 14.6 Å². The van der Waals surface area contributed by atoms with E-state index in [4.69, 9.17) is 4.74 Å². The molecule has 1 amide bonds. The van der Waals surface area contributed by atoms with Gasteiger partial charge >= 0.3 is 6.09 Å². The summed E-state index contributed by atoms with van der Waals surface area (Å²) in [5, 5.41) is 9.74. The summed E-state index contributed by atoms with van der Waals surface area (Å²) in [5.41, 5.74) is 0. The molecule has 1 saturated heterocycles. The predicted molar refractivity (Wildman–Crippen MR) is 60.0 cm³/mol. The normalized spacial score (nSPS) is 33.2. The van der Waals surface area contributed by atoms with Crippen molar-refractivity contribution in [2.75, 3.05) is 19.7 Å². The lowest BCUT2D eigenvalue weighted by Gasteiger charge is -2.18. The number of hydrogen-bond acceptors (Lipinski definition) is 3. The molecule has 1 aliphatic carbocycles. The van der Waals surface area contributed by atoms with E-state index in [1.165, 1.54) is 0 Å². The van der Waals surface area contributed by atoms with Crippen molar-refractivity contribution in [1.29, 1.82) is 0 Å². The van der Waals surface area contributed by atoms with Gasteiger partial charge in [-0.25, -0.2) is 4.79 Å². The van der Waals surface area contributed by atoms with E-state index in [1.54, 1.807) is 4.90 Å². The van der Waals surface area contributed by atoms with Crippen LogP contribution in [0.4, 0.5) is 4.79 Å². The van der Waals surface area contributed by atoms with Crippen LogP contribution in [-0.4, -0.2) is 41.9 Å². The van der Waals surface area contributed by atoms with Crippen LogP contribution in [0.5, 0.6) is 0 Å². The molecule has 0 aromatic rings. The highest BCUT2D eigenvalue weighted by Gasteiger charge is 2.43. The number of carbonyl (C=O) groups is 1. The first-order valence-corrected chi connectivity index (χ1v) is 6.17. The topological polar surface area (TPSA) is 49.8 Å². The number of carbonyl (C=O) groups excluding carboxylic acids is 1. The molecule has 0 radical (unpaired) electrons. The fraction of sp³-hybridized carbons (Fsp3) is 0.917. The zero-order chi connectivity index (χ0) is 11.7. The maximum atomic E-state index is 11.7. The summed E-state index contributed by atoms with van der Waals surface area (Å²) < 4.78 is 5.19. The first-order chi connectivity index (χ1) is 7.58. The smallest absolute Gasteiger partial charge is 0.409 e. The molecule has 16 heavy (non-hydrogen) atoms.